The Morgan fingerprint density at radius 2 is 1.55 bits per heavy atom. The SMILES string of the molecule is CC[C@@H](C(=O)NC(C)(C)C)N(Cc1ccc(Cl)cc1)C(=O)CN(c1ccccc1)S(=O)(=O)c1ccc(OC)c(OC)c1. The molecular weight excluding hydrogens is 578 g/mol. The second kappa shape index (κ2) is 13.9. The zero-order valence-electron chi connectivity index (χ0n) is 24.8. The van der Waals surface area contributed by atoms with Gasteiger partial charge in [0.15, 0.2) is 11.5 Å². The van der Waals surface area contributed by atoms with Gasteiger partial charge in [0.25, 0.3) is 10.0 Å². The molecule has 0 saturated heterocycles. The van der Waals surface area contributed by atoms with Gasteiger partial charge in [-0.2, -0.15) is 0 Å². The number of nitrogens with one attached hydrogen (secondary N) is 1. The maximum Gasteiger partial charge on any atom is 0.264 e. The van der Waals surface area contributed by atoms with E-state index in [9.17, 15) is 18.0 Å². The number of benzene rings is 3. The monoisotopic (exact) mass is 615 g/mol. The molecule has 11 heteroatoms. The van der Waals surface area contributed by atoms with Crippen molar-refractivity contribution >= 4 is 39.1 Å². The molecular formula is C31H38ClN3O6S. The molecule has 0 aliphatic rings. The molecule has 3 aromatic rings. The van der Waals surface area contributed by atoms with Gasteiger partial charge in [-0.05, 0) is 69.2 Å². The summed E-state index contributed by atoms with van der Waals surface area (Å²) in [5.74, 6) is -0.286. The number of amides is 2. The van der Waals surface area contributed by atoms with Crippen LogP contribution >= 0.6 is 11.6 Å². The third-order valence-electron chi connectivity index (χ3n) is 6.42. The maximum absolute atomic E-state index is 14.1. The van der Waals surface area contributed by atoms with Crippen molar-refractivity contribution in [1.82, 2.24) is 10.2 Å². The minimum Gasteiger partial charge on any atom is -0.493 e. The van der Waals surface area contributed by atoms with E-state index < -0.39 is 34.1 Å². The minimum absolute atomic E-state index is 0.0745. The zero-order chi connectivity index (χ0) is 31.1. The lowest BCUT2D eigenvalue weighted by atomic mass is 10.1. The van der Waals surface area contributed by atoms with Crippen molar-refractivity contribution in [3.63, 3.8) is 0 Å². The van der Waals surface area contributed by atoms with Gasteiger partial charge in [-0.25, -0.2) is 8.42 Å². The van der Waals surface area contributed by atoms with Crippen LogP contribution in [0.2, 0.25) is 5.02 Å². The first kappa shape index (κ1) is 32.8. The summed E-state index contributed by atoms with van der Waals surface area (Å²) in [6, 6.07) is 18.7. The lowest BCUT2D eigenvalue weighted by molar-refractivity contribution is -0.141. The van der Waals surface area contributed by atoms with Crippen LogP contribution in [0.15, 0.2) is 77.7 Å². The van der Waals surface area contributed by atoms with Crippen LogP contribution in [0, 0.1) is 0 Å². The summed E-state index contributed by atoms with van der Waals surface area (Å²) in [6.07, 6.45) is 0.314. The van der Waals surface area contributed by atoms with Crippen molar-refractivity contribution in [2.24, 2.45) is 0 Å². The van der Waals surface area contributed by atoms with E-state index in [4.69, 9.17) is 21.1 Å². The summed E-state index contributed by atoms with van der Waals surface area (Å²) in [5.41, 5.74) is 0.495. The van der Waals surface area contributed by atoms with Gasteiger partial charge in [0.2, 0.25) is 11.8 Å². The Hall–Kier alpha value is -3.76. The highest BCUT2D eigenvalue weighted by Crippen LogP contribution is 2.32. The van der Waals surface area contributed by atoms with Crippen LogP contribution in [-0.2, 0) is 26.2 Å². The van der Waals surface area contributed by atoms with E-state index >= 15 is 0 Å². The molecule has 0 aromatic heterocycles. The molecule has 0 aliphatic heterocycles. The Labute approximate surface area is 253 Å². The van der Waals surface area contributed by atoms with Crippen LogP contribution in [0.1, 0.15) is 39.7 Å². The Kier molecular flexibility index (Phi) is 10.9. The fraction of sp³-hybridized carbons (Fsp3) is 0.355. The molecule has 2 amide bonds. The topological polar surface area (TPSA) is 105 Å². The number of rotatable bonds is 12. The third-order valence-corrected chi connectivity index (χ3v) is 8.44. The van der Waals surface area contributed by atoms with Gasteiger partial charge in [-0.1, -0.05) is 48.9 Å². The molecule has 0 saturated carbocycles. The lowest BCUT2D eigenvalue weighted by Crippen LogP contribution is -2.55. The van der Waals surface area contributed by atoms with Crippen LogP contribution in [0.25, 0.3) is 0 Å². The number of para-hydroxylation sites is 1. The number of halogens is 1. The van der Waals surface area contributed by atoms with Gasteiger partial charge in [-0.3, -0.25) is 13.9 Å². The highest BCUT2D eigenvalue weighted by molar-refractivity contribution is 7.92. The van der Waals surface area contributed by atoms with Crippen molar-refractivity contribution in [3.05, 3.63) is 83.4 Å². The van der Waals surface area contributed by atoms with Gasteiger partial charge < -0.3 is 19.7 Å². The van der Waals surface area contributed by atoms with Crippen molar-refractivity contribution < 1.29 is 27.5 Å². The van der Waals surface area contributed by atoms with E-state index in [2.05, 4.69) is 5.32 Å². The smallest absolute Gasteiger partial charge is 0.264 e. The van der Waals surface area contributed by atoms with Crippen molar-refractivity contribution in [3.8, 4) is 11.5 Å². The number of hydrogen-bond donors (Lipinski definition) is 1. The van der Waals surface area contributed by atoms with Crippen molar-refractivity contribution in [1.29, 1.82) is 0 Å². The van der Waals surface area contributed by atoms with E-state index in [0.29, 0.717) is 22.9 Å². The Bertz CT molecular complexity index is 1470. The first-order valence-electron chi connectivity index (χ1n) is 13.5. The molecule has 0 unspecified atom stereocenters. The largest absolute Gasteiger partial charge is 0.493 e. The van der Waals surface area contributed by atoms with Gasteiger partial charge >= 0.3 is 0 Å². The van der Waals surface area contributed by atoms with Gasteiger partial charge in [0.05, 0.1) is 24.8 Å². The Balaban J connectivity index is 2.08. The predicted molar refractivity (Wildman–Crippen MR) is 164 cm³/mol. The van der Waals surface area contributed by atoms with E-state index in [0.717, 1.165) is 9.87 Å². The molecule has 0 radical (unpaired) electrons. The Morgan fingerprint density at radius 3 is 2.10 bits per heavy atom. The highest BCUT2D eigenvalue weighted by Gasteiger charge is 2.35. The molecule has 1 atom stereocenters. The molecule has 42 heavy (non-hydrogen) atoms. The molecule has 3 rings (SSSR count). The predicted octanol–water partition coefficient (Wildman–Crippen LogP) is 5.27. The summed E-state index contributed by atoms with van der Waals surface area (Å²) in [5, 5.41) is 3.49. The summed E-state index contributed by atoms with van der Waals surface area (Å²) >= 11 is 6.07. The van der Waals surface area contributed by atoms with Gasteiger partial charge in [0.1, 0.15) is 12.6 Å². The second-order valence-corrected chi connectivity index (χ2v) is 13.0. The number of carbonyl (C=O) groups excluding carboxylic acids is 2. The highest BCUT2D eigenvalue weighted by atomic mass is 35.5. The van der Waals surface area contributed by atoms with Crippen LogP contribution in [0.3, 0.4) is 0 Å². The first-order chi connectivity index (χ1) is 19.8. The summed E-state index contributed by atoms with van der Waals surface area (Å²) in [6.45, 7) is 6.91. The summed E-state index contributed by atoms with van der Waals surface area (Å²) in [7, 11) is -1.40. The maximum atomic E-state index is 14.1. The Morgan fingerprint density at radius 1 is 0.929 bits per heavy atom. The third kappa shape index (κ3) is 8.17. The zero-order valence-corrected chi connectivity index (χ0v) is 26.3. The number of hydrogen-bond acceptors (Lipinski definition) is 6. The average Bonchev–Trinajstić information content (AvgIpc) is 2.95. The van der Waals surface area contributed by atoms with E-state index in [-0.39, 0.29) is 23.1 Å². The van der Waals surface area contributed by atoms with Crippen LogP contribution in [-0.4, -0.2) is 57.5 Å². The van der Waals surface area contributed by atoms with E-state index in [1.165, 1.54) is 37.3 Å². The summed E-state index contributed by atoms with van der Waals surface area (Å²) < 4.78 is 39.8. The van der Waals surface area contributed by atoms with E-state index in [1.54, 1.807) is 54.6 Å². The lowest BCUT2D eigenvalue weighted by Gasteiger charge is -2.34. The van der Waals surface area contributed by atoms with Crippen molar-refractivity contribution in [2.45, 2.75) is 57.1 Å². The standard InChI is InChI=1S/C31H38ClN3O6S/c1-7-26(30(37)33-31(2,3)4)34(20-22-13-15-23(32)16-14-22)29(36)21-35(24-11-9-8-10-12-24)42(38,39)25-17-18-27(40-5)28(19-25)41-6/h8-19,26H,7,20-21H2,1-6H3,(H,33,37)/t26-/m0/s1. The molecule has 0 bridgehead atoms. The number of anilines is 1. The minimum atomic E-state index is -4.27. The van der Waals surface area contributed by atoms with Gasteiger partial charge in [0, 0.05) is 23.2 Å². The normalized spacial score (nSPS) is 12.3. The number of methoxy groups -OCH3 is 2. The first-order valence-corrected chi connectivity index (χ1v) is 15.3. The van der Waals surface area contributed by atoms with Crippen molar-refractivity contribution in [2.75, 3.05) is 25.1 Å². The molecule has 0 fully saturated rings. The van der Waals surface area contributed by atoms with Gasteiger partial charge in [-0.15, -0.1) is 0 Å². The average molecular weight is 616 g/mol. The number of sulfonamides is 1. The molecule has 0 heterocycles. The van der Waals surface area contributed by atoms with E-state index in [1.807, 2.05) is 27.7 Å². The quantitative estimate of drug-likeness (QED) is 0.297. The number of ether oxygens (including phenoxy) is 2. The second-order valence-electron chi connectivity index (χ2n) is 10.7. The molecule has 1 N–H and O–H groups in total. The van der Waals surface area contributed by atoms with Crippen LogP contribution in [0.5, 0.6) is 11.5 Å². The molecule has 0 aliphatic carbocycles. The van der Waals surface area contributed by atoms with Crippen LogP contribution in [0.4, 0.5) is 5.69 Å². The molecule has 3 aromatic carbocycles. The fourth-order valence-electron chi connectivity index (χ4n) is 4.39. The fourth-order valence-corrected chi connectivity index (χ4v) is 5.94. The summed E-state index contributed by atoms with van der Waals surface area (Å²) in [4.78, 5) is 28.9. The number of nitrogens with zero attached hydrogens (tertiary/aromatic N) is 2. The molecule has 9 nitrogen and oxygen atoms in total. The van der Waals surface area contributed by atoms with Crippen LogP contribution < -0.4 is 19.1 Å². The molecule has 0 spiro atoms. The number of carbonyl (C=O) groups is 2. The molecule has 226 valence electrons.